The van der Waals surface area contributed by atoms with E-state index in [0.717, 1.165) is 22.5 Å². The number of benzene rings is 2. The molecule has 1 heterocycles. The van der Waals surface area contributed by atoms with E-state index < -0.39 is 0 Å². The zero-order valence-electron chi connectivity index (χ0n) is 14.5. The molecule has 0 spiro atoms. The molecule has 126 valence electrons. The standard InChI is InChI=1S/C20H20N4O/c1-14-8-7-11-17(15(14)2)22-19(25)18-12-13-21-20(23-18)24(3)16-9-5-4-6-10-16/h4-13H,1-3H3,(H,22,25). The van der Waals surface area contributed by atoms with Crippen LogP contribution >= 0.6 is 0 Å². The van der Waals surface area contributed by atoms with Crippen molar-refractivity contribution >= 4 is 23.2 Å². The number of anilines is 3. The van der Waals surface area contributed by atoms with Crippen LogP contribution in [-0.2, 0) is 0 Å². The zero-order chi connectivity index (χ0) is 17.8. The van der Waals surface area contributed by atoms with Crippen LogP contribution < -0.4 is 10.2 Å². The molecule has 2 aromatic carbocycles. The van der Waals surface area contributed by atoms with Crippen LogP contribution in [0.15, 0.2) is 60.8 Å². The molecule has 0 atom stereocenters. The molecular formula is C20H20N4O. The van der Waals surface area contributed by atoms with Gasteiger partial charge in [-0.05, 0) is 49.2 Å². The van der Waals surface area contributed by atoms with Crippen LogP contribution in [-0.4, -0.2) is 22.9 Å². The molecule has 0 fully saturated rings. The second-order valence-corrected chi connectivity index (χ2v) is 5.84. The fourth-order valence-electron chi connectivity index (χ4n) is 2.48. The fraction of sp³-hybridized carbons (Fsp3) is 0.150. The summed E-state index contributed by atoms with van der Waals surface area (Å²) in [6, 6.07) is 17.2. The number of hydrogen-bond acceptors (Lipinski definition) is 4. The van der Waals surface area contributed by atoms with Crippen molar-refractivity contribution in [1.29, 1.82) is 0 Å². The van der Waals surface area contributed by atoms with Crippen molar-refractivity contribution in [3.8, 4) is 0 Å². The highest BCUT2D eigenvalue weighted by Gasteiger charge is 2.13. The smallest absolute Gasteiger partial charge is 0.274 e. The van der Waals surface area contributed by atoms with Gasteiger partial charge in [-0.1, -0.05) is 30.3 Å². The zero-order valence-corrected chi connectivity index (χ0v) is 14.5. The number of nitrogens with one attached hydrogen (secondary N) is 1. The Morgan fingerprint density at radius 3 is 2.52 bits per heavy atom. The molecule has 0 unspecified atom stereocenters. The number of aryl methyl sites for hydroxylation is 1. The highest BCUT2D eigenvalue weighted by atomic mass is 16.1. The highest BCUT2D eigenvalue weighted by molar-refractivity contribution is 6.03. The van der Waals surface area contributed by atoms with Gasteiger partial charge < -0.3 is 10.2 Å². The van der Waals surface area contributed by atoms with Crippen LogP contribution in [0.2, 0.25) is 0 Å². The second kappa shape index (κ2) is 7.13. The highest BCUT2D eigenvalue weighted by Crippen LogP contribution is 2.21. The lowest BCUT2D eigenvalue weighted by Gasteiger charge is -2.17. The van der Waals surface area contributed by atoms with Crippen LogP contribution in [0.5, 0.6) is 0 Å². The Morgan fingerprint density at radius 2 is 1.76 bits per heavy atom. The summed E-state index contributed by atoms with van der Waals surface area (Å²) >= 11 is 0. The first-order chi connectivity index (χ1) is 12.1. The van der Waals surface area contributed by atoms with Gasteiger partial charge in [0.2, 0.25) is 5.95 Å². The van der Waals surface area contributed by atoms with Crippen molar-refractivity contribution in [3.63, 3.8) is 0 Å². The largest absolute Gasteiger partial charge is 0.320 e. The van der Waals surface area contributed by atoms with E-state index in [1.165, 1.54) is 0 Å². The van der Waals surface area contributed by atoms with Crippen molar-refractivity contribution < 1.29 is 4.79 Å². The average Bonchev–Trinajstić information content (AvgIpc) is 2.65. The van der Waals surface area contributed by atoms with Gasteiger partial charge in [0.25, 0.3) is 5.91 Å². The van der Waals surface area contributed by atoms with Crippen LogP contribution in [0.1, 0.15) is 21.6 Å². The van der Waals surface area contributed by atoms with Gasteiger partial charge in [0.1, 0.15) is 5.69 Å². The normalized spacial score (nSPS) is 10.4. The maximum atomic E-state index is 12.6. The van der Waals surface area contributed by atoms with Crippen molar-refractivity contribution in [2.75, 3.05) is 17.3 Å². The van der Waals surface area contributed by atoms with Gasteiger partial charge in [-0.15, -0.1) is 0 Å². The Kier molecular flexibility index (Phi) is 4.75. The minimum atomic E-state index is -0.251. The number of carbonyl (C=O) groups is 1. The van der Waals surface area contributed by atoms with Gasteiger partial charge in [0.05, 0.1) is 0 Å². The summed E-state index contributed by atoms with van der Waals surface area (Å²) in [7, 11) is 1.87. The van der Waals surface area contributed by atoms with Crippen molar-refractivity contribution in [2.24, 2.45) is 0 Å². The number of aromatic nitrogens is 2. The van der Waals surface area contributed by atoms with E-state index in [4.69, 9.17) is 0 Å². The molecule has 0 radical (unpaired) electrons. The third-order valence-corrected chi connectivity index (χ3v) is 4.17. The van der Waals surface area contributed by atoms with Crippen molar-refractivity contribution in [1.82, 2.24) is 9.97 Å². The molecule has 5 nitrogen and oxygen atoms in total. The molecule has 0 aliphatic carbocycles. The third-order valence-electron chi connectivity index (χ3n) is 4.17. The maximum Gasteiger partial charge on any atom is 0.274 e. The van der Waals surface area contributed by atoms with Crippen LogP contribution in [0.4, 0.5) is 17.3 Å². The third kappa shape index (κ3) is 3.66. The van der Waals surface area contributed by atoms with Gasteiger partial charge in [0, 0.05) is 24.6 Å². The van der Waals surface area contributed by atoms with Crippen LogP contribution in [0, 0.1) is 13.8 Å². The summed E-state index contributed by atoms with van der Waals surface area (Å²) in [6.45, 7) is 4.00. The van der Waals surface area contributed by atoms with E-state index >= 15 is 0 Å². The fourth-order valence-corrected chi connectivity index (χ4v) is 2.48. The number of para-hydroxylation sites is 1. The van der Waals surface area contributed by atoms with Gasteiger partial charge in [0.15, 0.2) is 0 Å². The summed E-state index contributed by atoms with van der Waals surface area (Å²) in [4.78, 5) is 23.1. The van der Waals surface area contributed by atoms with E-state index in [-0.39, 0.29) is 5.91 Å². The van der Waals surface area contributed by atoms with Crippen LogP contribution in [0.3, 0.4) is 0 Å². The Labute approximate surface area is 147 Å². The summed E-state index contributed by atoms with van der Waals surface area (Å²) in [6.07, 6.45) is 1.60. The van der Waals surface area contributed by atoms with Gasteiger partial charge in [-0.3, -0.25) is 4.79 Å². The van der Waals surface area contributed by atoms with Crippen molar-refractivity contribution in [3.05, 3.63) is 77.6 Å². The molecule has 0 saturated carbocycles. The van der Waals surface area contributed by atoms with Gasteiger partial charge >= 0.3 is 0 Å². The molecule has 1 aromatic heterocycles. The molecule has 5 heteroatoms. The molecule has 0 bridgehead atoms. The minimum Gasteiger partial charge on any atom is -0.320 e. The molecule has 25 heavy (non-hydrogen) atoms. The lowest BCUT2D eigenvalue weighted by molar-refractivity contribution is 0.102. The van der Waals surface area contributed by atoms with Gasteiger partial charge in [-0.25, -0.2) is 9.97 Å². The minimum absolute atomic E-state index is 0.251. The Hall–Kier alpha value is -3.21. The molecular weight excluding hydrogens is 312 g/mol. The topological polar surface area (TPSA) is 58.1 Å². The number of hydrogen-bond donors (Lipinski definition) is 1. The Bertz CT molecular complexity index is 893. The Morgan fingerprint density at radius 1 is 1.00 bits per heavy atom. The quantitative estimate of drug-likeness (QED) is 0.781. The first-order valence-corrected chi connectivity index (χ1v) is 8.05. The van der Waals surface area contributed by atoms with E-state index in [0.29, 0.717) is 11.6 Å². The molecule has 1 amide bonds. The molecule has 3 rings (SSSR count). The van der Waals surface area contributed by atoms with E-state index in [9.17, 15) is 4.79 Å². The molecule has 0 aliphatic rings. The number of amides is 1. The number of carbonyl (C=O) groups excluding carboxylic acids is 1. The summed E-state index contributed by atoms with van der Waals surface area (Å²) < 4.78 is 0. The maximum absolute atomic E-state index is 12.6. The molecule has 0 aliphatic heterocycles. The van der Waals surface area contributed by atoms with Crippen molar-refractivity contribution in [2.45, 2.75) is 13.8 Å². The number of rotatable bonds is 4. The lowest BCUT2D eigenvalue weighted by Crippen LogP contribution is -2.18. The Balaban J connectivity index is 1.83. The summed E-state index contributed by atoms with van der Waals surface area (Å²) in [5.41, 5.74) is 4.25. The first kappa shape index (κ1) is 16.6. The van der Waals surface area contributed by atoms with Crippen LogP contribution in [0.25, 0.3) is 0 Å². The molecule has 3 aromatic rings. The average molecular weight is 332 g/mol. The van der Waals surface area contributed by atoms with E-state index in [1.807, 2.05) is 74.3 Å². The van der Waals surface area contributed by atoms with Gasteiger partial charge in [-0.2, -0.15) is 0 Å². The molecule has 1 N–H and O–H groups in total. The predicted molar refractivity (Wildman–Crippen MR) is 100 cm³/mol. The SMILES string of the molecule is Cc1cccc(NC(=O)c2ccnc(N(C)c3ccccc3)n2)c1C. The number of nitrogens with zero attached hydrogens (tertiary/aromatic N) is 3. The first-order valence-electron chi connectivity index (χ1n) is 8.05. The second-order valence-electron chi connectivity index (χ2n) is 5.84. The lowest BCUT2D eigenvalue weighted by atomic mass is 10.1. The summed E-state index contributed by atoms with van der Waals surface area (Å²) in [5.74, 6) is 0.221. The summed E-state index contributed by atoms with van der Waals surface area (Å²) in [5, 5.41) is 2.93. The molecule has 0 saturated heterocycles. The van der Waals surface area contributed by atoms with E-state index in [1.54, 1.807) is 12.3 Å². The van der Waals surface area contributed by atoms with E-state index in [2.05, 4.69) is 15.3 Å². The monoisotopic (exact) mass is 332 g/mol. The predicted octanol–water partition coefficient (Wildman–Crippen LogP) is 4.11.